The van der Waals surface area contributed by atoms with E-state index in [1.807, 2.05) is 4.57 Å². The molecular weight excluding hydrogens is 382 g/mol. The predicted molar refractivity (Wildman–Crippen MR) is 115 cm³/mol. The van der Waals surface area contributed by atoms with E-state index in [0.717, 1.165) is 44.1 Å². The first kappa shape index (κ1) is 20.4. The van der Waals surface area contributed by atoms with Gasteiger partial charge in [0.05, 0.1) is 30.8 Å². The smallest absolute Gasteiger partial charge is 0.261 e. The van der Waals surface area contributed by atoms with Crippen molar-refractivity contribution in [3.05, 3.63) is 45.3 Å². The number of ether oxygens (including phenoxy) is 2. The van der Waals surface area contributed by atoms with Crippen molar-refractivity contribution in [2.24, 2.45) is 0 Å². The molecule has 1 aliphatic rings. The first-order valence-electron chi connectivity index (χ1n) is 10.4. The summed E-state index contributed by atoms with van der Waals surface area (Å²) in [5.41, 5.74) is 4.20. The van der Waals surface area contributed by atoms with E-state index in [4.69, 9.17) is 14.5 Å². The topological polar surface area (TPSA) is 74.4 Å². The van der Waals surface area contributed by atoms with Crippen molar-refractivity contribution < 1.29 is 9.47 Å². The van der Waals surface area contributed by atoms with E-state index in [1.54, 1.807) is 26.4 Å². The third-order valence-corrected chi connectivity index (χ3v) is 6.04. The van der Waals surface area contributed by atoms with Crippen molar-refractivity contribution in [1.82, 2.24) is 24.2 Å². The van der Waals surface area contributed by atoms with Gasteiger partial charge in [0.25, 0.3) is 5.56 Å². The molecule has 2 aromatic heterocycles. The number of aromatic nitrogens is 4. The van der Waals surface area contributed by atoms with E-state index in [-0.39, 0.29) is 5.56 Å². The van der Waals surface area contributed by atoms with E-state index in [9.17, 15) is 4.79 Å². The summed E-state index contributed by atoms with van der Waals surface area (Å²) in [5.74, 6) is 1.94. The van der Waals surface area contributed by atoms with Crippen LogP contribution in [0.25, 0.3) is 10.9 Å². The fraction of sp³-hybridized carbons (Fsp3) is 0.500. The number of rotatable bonds is 5. The van der Waals surface area contributed by atoms with Crippen molar-refractivity contribution in [2.45, 2.75) is 46.8 Å². The SMILES string of the molecule is CCn1nc(C)c(CN2CCc3nc4cc(OC)c(OC)cc4c(=O)n3CC2)c1C. The standard InChI is InChI=1S/C22H29N5O3/c1-6-27-15(3)17(14(2)24-27)13-25-8-7-21-23-18-12-20(30-5)19(29-4)11-16(18)22(28)26(21)10-9-25/h11-12H,6-10,13H2,1-5H3. The molecule has 0 saturated heterocycles. The Kier molecular flexibility index (Phi) is 5.51. The Morgan fingerprint density at radius 1 is 1.07 bits per heavy atom. The lowest BCUT2D eigenvalue weighted by Crippen LogP contribution is -2.29. The van der Waals surface area contributed by atoms with Crippen LogP contribution in [0.15, 0.2) is 16.9 Å². The van der Waals surface area contributed by atoms with Crippen LogP contribution in [-0.4, -0.2) is 51.5 Å². The quantitative estimate of drug-likeness (QED) is 0.641. The van der Waals surface area contributed by atoms with Crippen molar-refractivity contribution in [1.29, 1.82) is 0 Å². The van der Waals surface area contributed by atoms with Crippen LogP contribution in [0.4, 0.5) is 0 Å². The van der Waals surface area contributed by atoms with Crippen molar-refractivity contribution in [2.75, 3.05) is 27.3 Å². The number of hydrogen-bond acceptors (Lipinski definition) is 6. The number of benzene rings is 1. The van der Waals surface area contributed by atoms with Crippen LogP contribution in [0.3, 0.4) is 0 Å². The van der Waals surface area contributed by atoms with E-state index >= 15 is 0 Å². The summed E-state index contributed by atoms with van der Waals surface area (Å²) in [6.07, 6.45) is 0.722. The van der Waals surface area contributed by atoms with Crippen molar-refractivity contribution in [3.8, 4) is 11.5 Å². The fourth-order valence-corrected chi connectivity index (χ4v) is 4.28. The lowest BCUT2D eigenvalue weighted by atomic mass is 10.2. The van der Waals surface area contributed by atoms with Gasteiger partial charge in [0, 0.05) is 56.5 Å². The predicted octanol–water partition coefficient (Wildman–Crippen LogP) is 2.31. The highest BCUT2D eigenvalue weighted by molar-refractivity contribution is 5.82. The fourth-order valence-electron chi connectivity index (χ4n) is 4.28. The molecule has 0 fully saturated rings. The second-order valence-electron chi connectivity index (χ2n) is 7.70. The number of nitrogens with zero attached hydrogens (tertiary/aromatic N) is 5. The molecule has 0 aliphatic carbocycles. The van der Waals surface area contributed by atoms with Crippen LogP contribution in [0, 0.1) is 13.8 Å². The second kappa shape index (κ2) is 8.10. The highest BCUT2D eigenvalue weighted by atomic mass is 16.5. The molecule has 160 valence electrons. The summed E-state index contributed by atoms with van der Waals surface area (Å²) in [4.78, 5) is 20.4. The van der Waals surface area contributed by atoms with Gasteiger partial charge in [-0.25, -0.2) is 4.98 Å². The summed E-state index contributed by atoms with van der Waals surface area (Å²) >= 11 is 0. The number of aryl methyl sites for hydroxylation is 2. The summed E-state index contributed by atoms with van der Waals surface area (Å²) in [7, 11) is 3.16. The van der Waals surface area contributed by atoms with E-state index < -0.39 is 0 Å². The molecule has 0 bridgehead atoms. The van der Waals surface area contributed by atoms with E-state index in [1.165, 1.54) is 11.3 Å². The van der Waals surface area contributed by atoms with Gasteiger partial charge in [-0.3, -0.25) is 18.9 Å². The molecule has 0 unspecified atom stereocenters. The van der Waals surface area contributed by atoms with Crippen LogP contribution in [0.1, 0.15) is 29.7 Å². The van der Waals surface area contributed by atoms with Gasteiger partial charge in [-0.1, -0.05) is 0 Å². The number of methoxy groups -OCH3 is 2. The molecule has 3 aromatic rings. The van der Waals surface area contributed by atoms with Crippen molar-refractivity contribution in [3.63, 3.8) is 0 Å². The zero-order chi connectivity index (χ0) is 21.4. The van der Waals surface area contributed by atoms with Gasteiger partial charge in [0.1, 0.15) is 5.82 Å². The minimum Gasteiger partial charge on any atom is -0.493 e. The Balaban J connectivity index is 1.65. The molecular formula is C22H29N5O3. The summed E-state index contributed by atoms with van der Waals surface area (Å²) in [6.45, 7) is 10.3. The van der Waals surface area contributed by atoms with Gasteiger partial charge in [0.15, 0.2) is 11.5 Å². The molecule has 0 spiro atoms. The van der Waals surface area contributed by atoms with Crippen LogP contribution < -0.4 is 15.0 Å². The zero-order valence-electron chi connectivity index (χ0n) is 18.4. The lowest BCUT2D eigenvalue weighted by Gasteiger charge is -2.19. The maximum Gasteiger partial charge on any atom is 0.261 e. The monoisotopic (exact) mass is 411 g/mol. The molecule has 30 heavy (non-hydrogen) atoms. The molecule has 0 N–H and O–H groups in total. The zero-order valence-corrected chi connectivity index (χ0v) is 18.4. The summed E-state index contributed by atoms with van der Waals surface area (Å²) in [5, 5.41) is 5.20. The Bertz CT molecular complexity index is 1150. The van der Waals surface area contributed by atoms with Gasteiger partial charge in [-0.2, -0.15) is 5.10 Å². The first-order chi connectivity index (χ1) is 14.5. The number of hydrogen-bond donors (Lipinski definition) is 0. The molecule has 8 nitrogen and oxygen atoms in total. The maximum absolute atomic E-state index is 13.2. The van der Waals surface area contributed by atoms with Crippen LogP contribution in [0.5, 0.6) is 11.5 Å². The van der Waals surface area contributed by atoms with Crippen LogP contribution in [-0.2, 0) is 26.1 Å². The molecule has 3 heterocycles. The van der Waals surface area contributed by atoms with Crippen LogP contribution >= 0.6 is 0 Å². The average molecular weight is 412 g/mol. The van der Waals surface area contributed by atoms with E-state index in [2.05, 4.69) is 35.5 Å². The van der Waals surface area contributed by atoms with Crippen LogP contribution in [0.2, 0.25) is 0 Å². The molecule has 1 aromatic carbocycles. The minimum absolute atomic E-state index is 0.0241. The lowest BCUT2D eigenvalue weighted by molar-refractivity contribution is 0.270. The minimum atomic E-state index is -0.0241. The Morgan fingerprint density at radius 3 is 2.47 bits per heavy atom. The highest BCUT2D eigenvalue weighted by Crippen LogP contribution is 2.30. The molecule has 1 aliphatic heterocycles. The van der Waals surface area contributed by atoms with Gasteiger partial charge in [-0.15, -0.1) is 0 Å². The Hall–Kier alpha value is -2.87. The molecule has 0 saturated carbocycles. The van der Waals surface area contributed by atoms with Gasteiger partial charge in [-0.05, 0) is 26.8 Å². The highest BCUT2D eigenvalue weighted by Gasteiger charge is 2.21. The maximum atomic E-state index is 13.2. The normalized spacial score (nSPS) is 14.6. The molecule has 0 radical (unpaired) electrons. The van der Waals surface area contributed by atoms with Crippen molar-refractivity contribution >= 4 is 10.9 Å². The number of fused-ring (bicyclic) bond motifs is 2. The average Bonchev–Trinajstić information content (AvgIpc) is 2.90. The Morgan fingerprint density at radius 2 is 1.80 bits per heavy atom. The third kappa shape index (κ3) is 3.45. The second-order valence-corrected chi connectivity index (χ2v) is 7.70. The Labute approximate surface area is 176 Å². The molecule has 4 rings (SSSR count). The first-order valence-corrected chi connectivity index (χ1v) is 10.4. The third-order valence-electron chi connectivity index (χ3n) is 6.04. The van der Waals surface area contributed by atoms with Gasteiger partial charge < -0.3 is 9.47 Å². The van der Waals surface area contributed by atoms with Gasteiger partial charge >= 0.3 is 0 Å². The van der Waals surface area contributed by atoms with Gasteiger partial charge in [0.2, 0.25) is 0 Å². The molecule has 8 heteroatoms. The van der Waals surface area contributed by atoms with E-state index in [0.29, 0.717) is 28.9 Å². The molecule has 0 atom stereocenters. The largest absolute Gasteiger partial charge is 0.493 e. The molecule has 0 amide bonds. The summed E-state index contributed by atoms with van der Waals surface area (Å²) < 4.78 is 14.6. The summed E-state index contributed by atoms with van der Waals surface area (Å²) in [6, 6.07) is 3.51.